The second kappa shape index (κ2) is 15.8. The molecule has 25 heteroatoms. The monoisotopic (exact) mass is 897 g/mol. The molecule has 6 rings (SSSR count). The van der Waals surface area contributed by atoms with E-state index in [4.69, 9.17) is 0 Å². The van der Waals surface area contributed by atoms with Crippen LogP contribution in [0.2, 0.25) is 0 Å². The molecule has 6 aromatic carbocycles. The van der Waals surface area contributed by atoms with E-state index in [-0.39, 0.29) is 51.7 Å². The summed E-state index contributed by atoms with van der Waals surface area (Å²) < 4.78 is 134. The largest absolute Gasteiger partial charge is 0.507 e. The van der Waals surface area contributed by atoms with Crippen molar-refractivity contribution in [3.05, 3.63) is 83.9 Å². The summed E-state index contributed by atoms with van der Waals surface area (Å²) in [5.41, 5.74) is 0.869. The Morgan fingerprint density at radius 1 is 0.441 bits per heavy atom. The van der Waals surface area contributed by atoms with E-state index in [9.17, 15) is 72.3 Å². The van der Waals surface area contributed by atoms with Gasteiger partial charge in [0.2, 0.25) is 0 Å². The van der Waals surface area contributed by atoms with E-state index >= 15 is 0 Å². The number of aromatic hydroxyl groups is 4. The number of rotatable bonds is 9. The minimum Gasteiger partial charge on any atom is -0.507 e. The van der Waals surface area contributed by atoms with Gasteiger partial charge in [0.15, 0.2) is 11.5 Å². The van der Waals surface area contributed by atoms with E-state index in [1.54, 1.807) is 38.1 Å². The first-order valence-corrected chi connectivity index (χ1v) is 21.5. The molecule has 1 radical (unpaired) electrons. The van der Waals surface area contributed by atoms with Crippen molar-refractivity contribution in [3.63, 3.8) is 0 Å². The fourth-order valence-electron chi connectivity index (χ4n) is 5.86. The third-order valence-corrected chi connectivity index (χ3v) is 12.0. The van der Waals surface area contributed by atoms with Crippen LogP contribution in [0.3, 0.4) is 0 Å². The molecule has 0 saturated heterocycles. The number of benzene rings is 6. The zero-order valence-electron chi connectivity index (χ0n) is 30.2. The molecule has 59 heavy (non-hydrogen) atoms. The SMILES string of the molecule is Cc1cc(-c2ccc(N=Nc3c(S(=O)(=O)O)cc4cc(S(=O)(=O)O)cc(O)c4c3O)c(C)c2)ccc1N=Nc1c(S(=O)(=O)O)cc2cc(S(=O)(=O)O)cc(O)c2c1O.[Na]. The Hall–Kier alpha value is -5.12. The van der Waals surface area contributed by atoms with Gasteiger partial charge in [-0.3, -0.25) is 18.2 Å². The maximum absolute atomic E-state index is 12.2. The first-order valence-electron chi connectivity index (χ1n) is 15.8. The van der Waals surface area contributed by atoms with Gasteiger partial charge in [-0.2, -0.15) is 43.9 Å². The minimum atomic E-state index is -5.13. The molecular formula is C34H26N4NaO16S4. The van der Waals surface area contributed by atoms with Crippen molar-refractivity contribution in [2.75, 3.05) is 0 Å². The molecule has 0 aliphatic carbocycles. The third kappa shape index (κ3) is 9.07. The maximum Gasteiger partial charge on any atom is 0.296 e. The van der Waals surface area contributed by atoms with Crippen molar-refractivity contribution in [1.29, 1.82) is 0 Å². The topological polar surface area (TPSA) is 348 Å². The minimum absolute atomic E-state index is 0. The summed E-state index contributed by atoms with van der Waals surface area (Å²) >= 11 is 0. The molecule has 0 aliphatic rings. The van der Waals surface area contributed by atoms with Crippen LogP contribution in [-0.4, -0.2) is 102 Å². The van der Waals surface area contributed by atoms with Gasteiger partial charge in [-0.25, -0.2) is 0 Å². The second-order valence-electron chi connectivity index (χ2n) is 12.5. The molecule has 0 aliphatic heterocycles. The summed E-state index contributed by atoms with van der Waals surface area (Å²) in [6, 6.07) is 13.6. The van der Waals surface area contributed by atoms with Crippen LogP contribution in [0, 0.1) is 13.8 Å². The molecule has 0 heterocycles. The normalized spacial score (nSPS) is 12.8. The van der Waals surface area contributed by atoms with Crippen LogP contribution in [0.4, 0.5) is 22.7 Å². The molecule has 0 saturated carbocycles. The Kier molecular flexibility index (Phi) is 12.1. The zero-order chi connectivity index (χ0) is 42.9. The van der Waals surface area contributed by atoms with Gasteiger partial charge in [-0.05, 0) is 95.4 Å². The molecule has 0 spiro atoms. The molecule has 8 N–H and O–H groups in total. The van der Waals surface area contributed by atoms with E-state index < -0.39 is 105 Å². The fraction of sp³-hybridized carbons (Fsp3) is 0.0588. The predicted octanol–water partition coefficient (Wildman–Crippen LogP) is 6.54. The first-order chi connectivity index (χ1) is 26.8. The summed E-state index contributed by atoms with van der Waals surface area (Å²) in [6.45, 7) is 3.23. The van der Waals surface area contributed by atoms with Gasteiger partial charge in [0, 0.05) is 41.7 Å². The van der Waals surface area contributed by atoms with Crippen molar-refractivity contribution in [2.45, 2.75) is 33.4 Å². The van der Waals surface area contributed by atoms with E-state index in [0.29, 0.717) is 34.4 Å². The van der Waals surface area contributed by atoms with E-state index in [2.05, 4.69) is 20.5 Å². The Bertz CT molecular complexity index is 3080. The zero-order valence-corrected chi connectivity index (χ0v) is 35.5. The molecule has 6 aromatic rings. The molecule has 0 aromatic heterocycles. The number of phenolic OH excluding ortho intramolecular Hbond substituents is 4. The fourth-order valence-corrected chi connectivity index (χ4v) is 8.25. The molecule has 20 nitrogen and oxygen atoms in total. The van der Waals surface area contributed by atoms with Crippen LogP contribution in [0.25, 0.3) is 32.7 Å². The number of nitrogens with zero attached hydrogens (tertiary/aromatic N) is 4. The standard InChI is InChI=1S/C34H26N4O16S4.Na/c1-15-7-17(3-5-23(15)35-37-31-27(57(49,50)51)11-19-9-21(55(43,44)45)13-25(39)29(19)33(31)41)18-4-6-24(16(2)8-18)36-38-32-28(58(52,53)54)12-20-10-22(56(46,47)48)14-26(40)30(20)34(32)42;/h3-14,39-42H,1-2H3,(H,43,44,45)(H,46,47,48)(H,49,50,51)(H,52,53,54);. The molecule has 0 atom stereocenters. The molecule has 0 fully saturated rings. The number of phenols is 4. The van der Waals surface area contributed by atoms with Gasteiger partial charge in [0.05, 0.1) is 31.9 Å². The van der Waals surface area contributed by atoms with Crippen molar-refractivity contribution in [1.82, 2.24) is 0 Å². The number of aryl methyl sites for hydroxylation is 2. The second-order valence-corrected chi connectivity index (χ2v) is 18.2. The van der Waals surface area contributed by atoms with Gasteiger partial charge < -0.3 is 20.4 Å². The third-order valence-electron chi connectivity index (χ3n) is 8.60. The quantitative estimate of drug-likeness (QED) is 0.0434. The Morgan fingerprint density at radius 2 is 0.780 bits per heavy atom. The van der Waals surface area contributed by atoms with E-state index in [1.807, 2.05) is 0 Å². The molecule has 0 bridgehead atoms. The number of azo groups is 2. The molecular weight excluding hydrogens is 872 g/mol. The summed E-state index contributed by atoms with van der Waals surface area (Å²) in [4.78, 5) is -3.63. The maximum atomic E-state index is 12.2. The van der Waals surface area contributed by atoms with Crippen molar-refractivity contribution < 1.29 is 72.3 Å². The Balaban J connectivity index is 0.00000661. The number of hydrogen-bond acceptors (Lipinski definition) is 16. The van der Waals surface area contributed by atoms with E-state index in [0.717, 1.165) is 24.3 Å². The van der Waals surface area contributed by atoms with Gasteiger partial charge in [-0.1, -0.05) is 12.1 Å². The van der Waals surface area contributed by atoms with Crippen molar-refractivity contribution in [3.8, 4) is 34.1 Å². The molecule has 0 amide bonds. The van der Waals surface area contributed by atoms with Gasteiger partial charge in [0.1, 0.15) is 32.7 Å². The Labute approximate surface area is 356 Å². The van der Waals surface area contributed by atoms with E-state index in [1.165, 1.54) is 12.1 Å². The van der Waals surface area contributed by atoms with Gasteiger partial charge in [0.25, 0.3) is 40.5 Å². The van der Waals surface area contributed by atoms with Crippen LogP contribution in [0.5, 0.6) is 23.0 Å². The van der Waals surface area contributed by atoms with Crippen LogP contribution in [0.1, 0.15) is 11.1 Å². The molecule has 303 valence electrons. The summed E-state index contributed by atoms with van der Waals surface area (Å²) in [7, 11) is -20.0. The predicted molar refractivity (Wildman–Crippen MR) is 209 cm³/mol. The van der Waals surface area contributed by atoms with Crippen LogP contribution < -0.4 is 0 Å². The summed E-state index contributed by atoms with van der Waals surface area (Å²) in [5, 5.41) is 56.6. The average Bonchev–Trinajstić information content (AvgIpc) is 3.09. The number of fused-ring (bicyclic) bond motifs is 2. The van der Waals surface area contributed by atoms with Gasteiger partial charge >= 0.3 is 0 Å². The van der Waals surface area contributed by atoms with Gasteiger partial charge in [-0.15, -0.1) is 10.2 Å². The van der Waals surface area contributed by atoms with Crippen molar-refractivity contribution >= 4 is 114 Å². The van der Waals surface area contributed by atoms with Crippen LogP contribution in [-0.2, 0) is 40.5 Å². The smallest absolute Gasteiger partial charge is 0.296 e. The van der Waals surface area contributed by atoms with Crippen molar-refractivity contribution in [2.24, 2.45) is 20.5 Å². The first kappa shape index (κ1) is 45.0. The van der Waals surface area contributed by atoms with Crippen LogP contribution in [0.15, 0.2) is 113 Å². The molecule has 0 unspecified atom stereocenters. The van der Waals surface area contributed by atoms with Crippen LogP contribution >= 0.6 is 0 Å². The Morgan fingerprint density at radius 3 is 1.07 bits per heavy atom. The summed E-state index contributed by atoms with van der Waals surface area (Å²) in [6.07, 6.45) is 0. The number of hydrogen-bond donors (Lipinski definition) is 8. The average molecular weight is 898 g/mol. The summed E-state index contributed by atoms with van der Waals surface area (Å²) in [5.74, 6) is -3.68.